The lowest BCUT2D eigenvalue weighted by atomic mass is 10.2. The van der Waals surface area contributed by atoms with Crippen LogP contribution in [0.2, 0.25) is 0 Å². The number of amides is 1. The molecule has 0 radical (unpaired) electrons. The Labute approximate surface area is 150 Å². The van der Waals surface area contributed by atoms with Crippen molar-refractivity contribution in [3.05, 3.63) is 47.8 Å². The first-order valence-electron chi connectivity index (χ1n) is 8.37. The minimum Gasteiger partial charge on any atom is -0.481 e. The van der Waals surface area contributed by atoms with Crippen molar-refractivity contribution in [3.63, 3.8) is 0 Å². The summed E-state index contributed by atoms with van der Waals surface area (Å²) in [6.07, 6.45) is 6.57. The fourth-order valence-corrected chi connectivity index (χ4v) is 3.71. The highest BCUT2D eigenvalue weighted by molar-refractivity contribution is 7.99. The van der Waals surface area contributed by atoms with Crippen LogP contribution in [-0.4, -0.2) is 32.5 Å². The van der Waals surface area contributed by atoms with Crippen molar-refractivity contribution in [2.75, 3.05) is 11.1 Å². The molecular formula is C18H21N3O3S. The Kier molecular flexibility index (Phi) is 5.75. The van der Waals surface area contributed by atoms with E-state index in [0.29, 0.717) is 23.2 Å². The van der Waals surface area contributed by atoms with Gasteiger partial charge in [-0.15, -0.1) is 11.8 Å². The van der Waals surface area contributed by atoms with Gasteiger partial charge in [0.1, 0.15) is 0 Å². The van der Waals surface area contributed by atoms with E-state index in [1.165, 1.54) is 24.6 Å². The molecule has 7 heteroatoms. The van der Waals surface area contributed by atoms with Gasteiger partial charge in [0.15, 0.2) is 5.69 Å². The monoisotopic (exact) mass is 359 g/mol. The van der Waals surface area contributed by atoms with Crippen LogP contribution in [0.3, 0.4) is 0 Å². The number of hydrogen-bond acceptors (Lipinski definition) is 4. The third kappa shape index (κ3) is 4.85. The van der Waals surface area contributed by atoms with Gasteiger partial charge in [0.05, 0.1) is 11.8 Å². The van der Waals surface area contributed by atoms with Crippen LogP contribution in [0.4, 0.5) is 5.69 Å². The number of anilines is 1. The Morgan fingerprint density at radius 2 is 2.08 bits per heavy atom. The zero-order valence-electron chi connectivity index (χ0n) is 13.9. The van der Waals surface area contributed by atoms with Gasteiger partial charge in [-0.1, -0.05) is 25.0 Å². The second-order valence-corrected chi connectivity index (χ2v) is 7.15. The molecule has 1 aromatic heterocycles. The quantitative estimate of drug-likeness (QED) is 0.789. The number of nitrogens with one attached hydrogen (secondary N) is 1. The highest BCUT2D eigenvalue weighted by atomic mass is 32.2. The van der Waals surface area contributed by atoms with Crippen molar-refractivity contribution in [1.82, 2.24) is 9.78 Å². The van der Waals surface area contributed by atoms with Gasteiger partial charge < -0.3 is 10.4 Å². The Morgan fingerprint density at radius 3 is 2.84 bits per heavy atom. The van der Waals surface area contributed by atoms with Gasteiger partial charge in [0, 0.05) is 17.6 Å². The summed E-state index contributed by atoms with van der Waals surface area (Å²) in [4.78, 5) is 23.0. The minimum atomic E-state index is -0.827. The molecule has 1 aromatic carbocycles. The van der Waals surface area contributed by atoms with Gasteiger partial charge >= 0.3 is 5.97 Å². The molecule has 1 aliphatic carbocycles. The molecule has 0 atom stereocenters. The molecule has 0 aliphatic heterocycles. The Bertz CT molecular complexity index is 754. The minimum absolute atomic E-state index is 0.0647. The Morgan fingerprint density at radius 1 is 1.28 bits per heavy atom. The highest BCUT2D eigenvalue weighted by Crippen LogP contribution is 2.28. The van der Waals surface area contributed by atoms with E-state index in [2.05, 4.69) is 10.4 Å². The molecule has 132 valence electrons. The molecule has 0 saturated heterocycles. The molecule has 0 bridgehead atoms. The molecule has 25 heavy (non-hydrogen) atoms. The molecule has 3 rings (SSSR count). The predicted molar refractivity (Wildman–Crippen MR) is 97.9 cm³/mol. The van der Waals surface area contributed by atoms with Crippen molar-refractivity contribution < 1.29 is 14.7 Å². The normalized spacial score (nSPS) is 14.6. The summed E-state index contributed by atoms with van der Waals surface area (Å²) in [6, 6.07) is 9.61. The zero-order valence-corrected chi connectivity index (χ0v) is 14.7. The number of aromatic nitrogens is 2. The fraction of sp³-hybridized carbons (Fsp3) is 0.389. The highest BCUT2D eigenvalue weighted by Gasteiger charge is 2.19. The van der Waals surface area contributed by atoms with Crippen LogP contribution < -0.4 is 5.32 Å². The predicted octanol–water partition coefficient (Wildman–Crippen LogP) is 3.57. The maximum atomic E-state index is 12.4. The number of carboxylic acid groups (broad SMARTS) is 1. The van der Waals surface area contributed by atoms with Crippen LogP contribution in [0.15, 0.2) is 36.5 Å². The lowest BCUT2D eigenvalue weighted by Crippen LogP contribution is -2.14. The third-order valence-electron chi connectivity index (χ3n) is 4.22. The van der Waals surface area contributed by atoms with Crippen molar-refractivity contribution in [2.24, 2.45) is 0 Å². The largest absolute Gasteiger partial charge is 0.481 e. The topological polar surface area (TPSA) is 84.2 Å². The number of carbonyl (C=O) groups is 2. The Balaban J connectivity index is 1.59. The first-order chi connectivity index (χ1) is 12.1. The van der Waals surface area contributed by atoms with Crippen LogP contribution in [0.5, 0.6) is 0 Å². The smallest absolute Gasteiger partial charge is 0.313 e. The molecule has 6 nitrogen and oxygen atoms in total. The van der Waals surface area contributed by atoms with Gasteiger partial charge in [-0.25, -0.2) is 0 Å². The summed E-state index contributed by atoms with van der Waals surface area (Å²) in [5, 5.41) is 16.0. The van der Waals surface area contributed by atoms with E-state index in [1.807, 2.05) is 35.1 Å². The van der Waals surface area contributed by atoms with Crippen LogP contribution in [0, 0.1) is 0 Å². The average Bonchev–Trinajstić information content (AvgIpc) is 3.26. The summed E-state index contributed by atoms with van der Waals surface area (Å²) >= 11 is 1.33. The van der Waals surface area contributed by atoms with Gasteiger partial charge in [-0.2, -0.15) is 5.10 Å². The average molecular weight is 359 g/mol. The number of hydrogen-bond donors (Lipinski definition) is 2. The van der Waals surface area contributed by atoms with Crippen LogP contribution in [-0.2, 0) is 10.5 Å². The summed E-state index contributed by atoms with van der Waals surface area (Å²) < 4.78 is 1.90. The molecule has 1 amide bonds. The van der Waals surface area contributed by atoms with Gasteiger partial charge in [0.2, 0.25) is 0 Å². The molecule has 1 aliphatic rings. The summed E-state index contributed by atoms with van der Waals surface area (Å²) in [7, 11) is 0. The van der Waals surface area contributed by atoms with Gasteiger partial charge in [-0.05, 0) is 36.6 Å². The third-order valence-corrected chi connectivity index (χ3v) is 5.21. The molecule has 1 fully saturated rings. The van der Waals surface area contributed by atoms with E-state index < -0.39 is 5.97 Å². The number of rotatable bonds is 7. The fourth-order valence-electron chi connectivity index (χ4n) is 3.02. The number of nitrogens with zero attached hydrogens (tertiary/aromatic N) is 2. The first-order valence-corrected chi connectivity index (χ1v) is 9.52. The molecule has 1 saturated carbocycles. The van der Waals surface area contributed by atoms with Crippen molar-refractivity contribution >= 4 is 29.3 Å². The SMILES string of the molecule is O=C(O)CSCc1cccc(NC(=O)c2ccn(C3CCCC3)n2)c1. The molecule has 0 unspecified atom stereocenters. The van der Waals surface area contributed by atoms with E-state index in [1.54, 1.807) is 6.07 Å². The standard InChI is InChI=1S/C18H21N3O3S/c22-17(23)12-25-11-13-4-3-5-14(10-13)19-18(24)16-8-9-21(20-16)15-6-1-2-7-15/h3-5,8-10,15H,1-2,6-7,11-12H2,(H,19,24)(H,22,23). The molecule has 1 heterocycles. The second-order valence-electron chi connectivity index (χ2n) is 6.16. The maximum absolute atomic E-state index is 12.4. The molecule has 2 N–H and O–H groups in total. The van der Waals surface area contributed by atoms with E-state index >= 15 is 0 Å². The lowest BCUT2D eigenvalue weighted by Gasteiger charge is -2.09. The summed E-state index contributed by atoms with van der Waals surface area (Å²) in [6.45, 7) is 0. The van der Waals surface area contributed by atoms with Crippen molar-refractivity contribution in [3.8, 4) is 0 Å². The molecule has 0 spiro atoms. The van der Waals surface area contributed by atoms with Crippen LogP contribution in [0.1, 0.15) is 47.8 Å². The number of carboxylic acids is 1. The number of thioether (sulfide) groups is 1. The number of aliphatic carboxylic acids is 1. The first kappa shape index (κ1) is 17.5. The number of carbonyl (C=O) groups excluding carboxylic acids is 1. The Hall–Kier alpha value is -2.28. The summed E-state index contributed by atoms with van der Waals surface area (Å²) in [5.41, 5.74) is 2.08. The zero-order chi connectivity index (χ0) is 17.6. The number of benzene rings is 1. The van der Waals surface area contributed by atoms with Crippen molar-refractivity contribution in [2.45, 2.75) is 37.5 Å². The van der Waals surface area contributed by atoms with Crippen molar-refractivity contribution in [1.29, 1.82) is 0 Å². The van der Waals surface area contributed by atoms with Crippen LogP contribution >= 0.6 is 11.8 Å². The van der Waals surface area contributed by atoms with Gasteiger partial charge in [-0.3, -0.25) is 14.3 Å². The maximum Gasteiger partial charge on any atom is 0.313 e. The molecule has 2 aromatic rings. The van der Waals surface area contributed by atoms with E-state index in [9.17, 15) is 9.59 Å². The second kappa shape index (κ2) is 8.20. The van der Waals surface area contributed by atoms with Gasteiger partial charge in [0.25, 0.3) is 5.91 Å². The summed E-state index contributed by atoms with van der Waals surface area (Å²) in [5.74, 6) is -0.402. The van der Waals surface area contributed by atoms with E-state index in [-0.39, 0.29) is 11.7 Å². The van der Waals surface area contributed by atoms with E-state index in [4.69, 9.17) is 5.11 Å². The lowest BCUT2D eigenvalue weighted by molar-refractivity contribution is -0.133. The van der Waals surface area contributed by atoms with E-state index in [0.717, 1.165) is 18.4 Å². The van der Waals surface area contributed by atoms with Crippen LogP contribution in [0.25, 0.3) is 0 Å². The molecular weight excluding hydrogens is 338 g/mol.